The number of benzene rings is 2. The van der Waals surface area contributed by atoms with E-state index in [4.69, 9.17) is 10.5 Å². The molecule has 3 rings (SSSR count). The second-order valence-electron chi connectivity index (χ2n) is 4.89. The van der Waals surface area contributed by atoms with Gasteiger partial charge in [0, 0.05) is 6.54 Å². The summed E-state index contributed by atoms with van der Waals surface area (Å²) >= 11 is 0. The van der Waals surface area contributed by atoms with Crippen LogP contribution in [0.25, 0.3) is 0 Å². The van der Waals surface area contributed by atoms with Crippen LogP contribution in [0.3, 0.4) is 0 Å². The van der Waals surface area contributed by atoms with E-state index < -0.39 is 0 Å². The molecule has 19 heavy (non-hydrogen) atoms. The van der Waals surface area contributed by atoms with Gasteiger partial charge in [0.25, 0.3) is 0 Å². The molecular formula is C16H18N2O. The standard InChI is InChI=1S/C16H18N2O/c1-12-5-2-3-6-13(12)11-18-9-10-19-15-8-4-7-14(17)16(15)18/h2-8H,9-11,17H2,1H3. The Balaban J connectivity index is 1.94. The Morgan fingerprint density at radius 3 is 2.84 bits per heavy atom. The summed E-state index contributed by atoms with van der Waals surface area (Å²) in [6.07, 6.45) is 0. The summed E-state index contributed by atoms with van der Waals surface area (Å²) in [4.78, 5) is 2.30. The lowest BCUT2D eigenvalue weighted by Crippen LogP contribution is -2.33. The summed E-state index contributed by atoms with van der Waals surface area (Å²) < 4.78 is 5.68. The topological polar surface area (TPSA) is 38.5 Å². The lowest BCUT2D eigenvalue weighted by molar-refractivity contribution is 0.307. The van der Waals surface area contributed by atoms with Crippen LogP contribution in [0.4, 0.5) is 11.4 Å². The highest BCUT2D eigenvalue weighted by atomic mass is 16.5. The van der Waals surface area contributed by atoms with Gasteiger partial charge in [0.05, 0.1) is 12.2 Å². The summed E-state index contributed by atoms with van der Waals surface area (Å²) in [5.74, 6) is 0.889. The van der Waals surface area contributed by atoms with Gasteiger partial charge in [-0.25, -0.2) is 0 Å². The molecule has 1 aliphatic heterocycles. The van der Waals surface area contributed by atoms with E-state index in [0.717, 1.165) is 30.2 Å². The summed E-state index contributed by atoms with van der Waals surface area (Å²) in [5.41, 5.74) is 10.6. The van der Waals surface area contributed by atoms with Gasteiger partial charge in [-0.3, -0.25) is 0 Å². The molecule has 2 N–H and O–H groups in total. The number of nitrogens with zero attached hydrogens (tertiary/aromatic N) is 1. The fourth-order valence-corrected chi connectivity index (χ4v) is 2.52. The Bertz CT molecular complexity index is 595. The Morgan fingerprint density at radius 1 is 1.16 bits per heavy atom. The first-order valence-electron chi connectivity index (χ1n) is 6.56. The van der Waals surface area contributed by atoms with Crippen molar-refractivity contribution in [2.45, 2.75) is 13.5 Å². The van der Waals surface area contributed by atoms with Crippen molar-refractivity contribution in [3.05, 3.63) is 53.6 Å². The van der Waals surface area contributed by atoms with Crippen molar-refractivity contribution in [3.8, 4) is 5.75 Å². The number of ether oxygens (including phenoxy) is 1. The minimum atomic E-state index is 0.711. The molecule has 0 unspecified atom stereocenters. The van der Waals surface area contributed by atoms with Crippen LogP contribution in [0, 0.1) is 6.92 Å². The molecule has 0 amide bonds. The van der Waals surface area contributed by atoms with E-state index in [1.165, 1.54) is 11.1 Å². The van der Waals surface area contributed by atoms with Crippen molar-refractivity contribution in [1.29, 1.82) is 0 Å². The van der Waals surface area contributed by atoms with Gasteiger partial charge < -0.3 is 15.4 Å². The van der Waals surface area contributed by atoms with Crippen molar-refractivity contribution >= 4 is 11.4 Å². The van der Waals surface area contributed by atoms with Crippen LogP contribution in [-0.2, 0) is 6.54 Å². The summed E-state index contributed by atoms with van der Waals surface area (Å²) in [7, 11) is 0. The first-order valence-corrected chi connectivity index (χ1v) is 6.56. The van der Waals surface area contributed by atoms with Crippen LogP contribution in [-0.4, -0.2) is 13.2 Å². The maximum Gasteiger partial charge on any atom is 0.144 e. The third kappa shape index (κ3) is 2.24. The van der Waals surface area contributed by atoms with Crippen molar-refractivity contribution in [3.63, 3.8) is 0 Å². The molecule has 1 heterocycles. The summed E-state index contributed by atoms with van der Waals surface area (Å²) in [6, 6.07) is 14.3. The van der Waals surface area contributed by atoms with Crippen molar-refractivity contribution in [2.75, 3.05) is 23.8 Å². The molecule has 3 heteroatoms. The number of anilines is 2. The van der Waals surface area contributed by atoms with Crippen LogP contribution in [0.2, 0.25) is 0 Å². The fraction of sp³-hybridized carbons (Fsp3) is 0.250. The second kappa shape index (κ2) is 4.84. The number of para-hydroxylation sites is 1. The van der Waals surface area contributed by atoms with Gasteiger partial charge in [-0.15, -0.1) is 0 Å². The molecule has 0 saturated heterocycles. The first-order chi connectivity index (χ1) is 9.25. The van der Waals surface area contributed by atoms with Gasteiger partial charge in [-0.2, -0.15) is 0 Å². The monoisotopic (exact) mass is 254 g/mol. The molecule has 0 atom stereocenters. The molecule has 0 bridgehead atoms. The van der Waals surface area contributed by atoms with E-state index in [9.17, 15) is 0 Å². The number of hydrogen-bond donors (Lipinski definition) is 1. The van der Waals surface area contributed by atoms with E-state index in [1.54, 1.807) is 0 Å². The van der Waals surface area contributed by atoms with Crippen LogP contribution in [0.15, 0.2) is 42.5 Å². The normalized spacial score (nSPS) is 13.8. The molecule has 1 aliphatic rings. The van der Waals surface area contributed by atoms with Crippen LogP contribution < -0.4 is 15.4 Å². The predicted molar refractivity (Wildman–Crippen MR) is 78.6 cm³/mol. The second-order valence-corrected chi connectivity index (χ2v) is 4.89. The van der Waals surface area contributed by atoms with Gasteiger partial charge >= 0.3 is 0 Å². The van der Waals surface area contributed by atoms with Crippen molar-refractivity contribution in [2.24, 2.45) is 0 Å². The Morgan fingerprint density at radius 2 is 2.00 bits per heavy atom. The van der Waals surface area contributed by atoms with E-state index in [2.05, 4.69) is 36.1 Å². The SMILES string of the molecule is Cc1ccccc1CN1CCOc2cccc(N)c21. The van der Waals surface area contributed by atoms with Crippen molar-refractivity contribution in [1.82, 2.24) is 0 Å². The molecule has 0 radical (unpaired) electrons. The maximum absolute atomic E-state index is 6.10. The maximum atomic E-state index is 6.10. The Hall–Kier alpha value is -2.16. The Kier molecular flexibility index (Phi) is 3.03. The average Bonchev–Trinajstić information content (AvgIpc) is 2.42. The van der Waals surface area contributed by atoms with Gasteiger partial charge in [0.1, 0.15) is 18.0 Å². The fourth-order valence-electron chi connectivity index (χ4n) is 2.52. The molecule has 0 fully saturated rings. The lowest BCUT2D eigenvalue weighted by atomic mass is 10.1. The highest BCUT2D eigenvalue weighted by molar-refractivity contribution is 5.75. The van der Waals surface area contributed by atoms with Gasteiger partial charge in [-0.1, -0.05) is 30.3 Å². The van der Waals surface area contributed by atoms with Crippen molar-refractivity contribution < 1.29 is 4.74 Å². The third-order valence-electron chi connectivity index (χ3n) is 3.59. The summed E-state index contributed by atoms with van der Waals surface area (Å²) in [5, 5.41) is 0. The number of aryl methyl sites for hydroxylation is 1. The molecule has 0 spiro atoms. The smallest absolute Gasteiger partial charge is 0.144 e. The highest BCUT2D eigenvalue weighted by Crippen LogP contribution is 2.37. The Labute approximate surface area is 113 Å². The van der Waals surface area contributed by atoms with Crippen LogP contribution in [0.5, 0.6) is 5.75 Å². The quantitative estimate of drug-likeness (QED) is 0.837. The van der Waals surface area contributed by atoms with E-state index in [-0.39, 0.29) is 0 Å². The first kappa shape index (κ1) is 11.9. The van der Waals surface area contributed by atoms with Gasteiger partial charge in [-0.05, 0) is 30.2 Å². The van der Waals surface area contributed by atoms with E-state index >= 15 is 0 Å². The number of fused-ring (bicyclic) bond motifs is 1. The zero-order chi connectivity index (χ0) is 13.2. The number of rotatable bonds is 2. The molecule has 3 nitrogen and oxygen atoms in total. The molecule has 0 saturated carbocycles. The molecule has 2 aromatic carbocycles. The summed E-state index contributed by atoms with van der Waals surface area (Å²) in [6.45, 7) is 4.60. The van der Waals surface area contributed by atoms with Crippen LogP contribution >= 0.6 is 0 Å². The number of hydrogen-bond acceptors (Lipinski definition) is 3. The number of nitrogen functional groups attached to an aromatic ring is 1. The predicted octanol–water partition coefficient (Wildman–Crippen LogP) is 2.98. The minimum Gasteiger partial charge on any atom is -0.489 e. The average molecular weight is 254 g/mol. The lowest BCUT2D eigenvalue weighted by Gasteiger charge is -2.32. The van der Waals surface area contributed by atoms with Crippen LogP contribution in [0.1, 0.15) is 11.1 Å². The zero-order valence-electron chi connectivity index (χ0n) is 11.1. The van der Waals surface area contributed by atoms with Gasteiger partial charge in [0.15, 0.2) is 0 Å². The molecule has 98 valence electrons. The van der Waals surface area contributed by atoms with E-state index in [1.807, 2.05) is 18.2 Å². The van der Waals surface area contributed by atoms with E-state index in [0.29, 0.717) is 6.61 Å². The molecule has 0 aliphatic carbocycles. The number of nitrogens with two attached hydrogens (primary N) is 1. The third-order valence-corrected chi connectivity index (χ3v) is 3.59. The minimum absolute atomic E-state index is 0.711. The molecule has 0 aromatic heterocycles. The largest absolute Gasteiger partial charge is 0.489 e. The van der Waals surface area contributed by atoms with Gasteiger partial charge in [0.2, 0.25) is 0 Å². The highest BCUT2D eigenvalue weighted by Gasteiger charge is 2.20. The zero-order valence-corrected chi connectivity index (χ0v) is 11.1. The molecular weight excluding hydrogens is 236 g/mol. The molecule has 2 aromatic rings.